The van der Waals surface area contributed by atoms with Crippen LogP contribution in [0.3, 0.4) is 0 Å². The van der Waals surface area contributed by atoms with Gasteiger partial charge in [0, 0.05) is 19.2 Å². The first-order chi connectivity index (χ1) is 13.5. The molecular formula is C19H18N4O5. The second kappa shape index (κ2) is 7.18. The average molecular weight is 382 g/mol. The number of hydrogen-bond donors (Lipinski definition) is 1. The first-order valence-corrected chi connectivity index (χ1v) is 8.94. The van der Waals surface area contributed by atoms with Crippen LogP contribution in [-0.2, 0) is 11.3 Å². The number of amides is 1. The average Bonchev–Trinajstić information content (AvgIpc) is 3.30. The number of nitro groups is 1. The number of carbonyl (C=O) groups is 1. The van der Waals surface area contributed by atoms with Crippen LogP contribution in [0.1, 0.15) is 12.8 Å². The van der Waals surface area contributed by atoms with Gasteiger partial charge in [-0.25, -0.2) is 4.79 Å². The minimum absolute atomic E-state index is 0.0736. The number of aromatic nitrogens is 1. The standard InChI is InChI=1S/C19H18N4O5/c24-18(20-14-5-1-2-6-15(14)21-9-3-4-10-21)12-22-16-8-7-13(23(26)27)11-17(16)28-19(22)25/h1-2,5-8,11H,3-4,9-10,12H2,(H,20,24). The molecule has 0 aliphatic carbocycles. The van der Waals surface area contributed by atoms with Crippen LogP contribution in [0.5, 0.6) is 0 Å². The Hall–Kier alpha value is -3.62. The van der Waals surface area contributed by atoms with Gasteiger partial charge in [0.15, 0.2) is 5.58 Å². The third-order valence-electron chi connectivity index (χ3n) is 4.79. The van der Waals surface area contributed by atoms with Gasteiger partial charge >= 0.3 is 5.76 Å². The van der Waals surface area contributed by atoms with E-state index in [1.807, 2.05) is 24.3 Å². The van der Waals surface area contributed by atoms with E-state index in [0.29, 0.717) is 11.2 Å². The summed E-state index contributed by atoms with van der Waals surface area (Å²) in [6, 6.07) is 11.4. The highest BCUT2D eigenvalue weighted by atomic mass is 16.6. The number of hydrogen-bond acceptors (Lipinski definition) is 6. The first-order valence-electron chi connectivity index (χ1n) is 8.94. The van der Waals surface area contributed by atoms with Gasteiger partial charge in [-0.15, -0.1) is 0 Å². The lowest BCUT2D eigenvalue weighted by Gasteiger charge is -2.21. The summed E-state index contributed by atoms with van der Waals surface area (Å²) < 4.78 is 6.22. The zero-order chi connectivity index (χ0) is 19.7. The topological polar surface area (TPSA) is 111 Å². The van der Waals surface area contributed by atoms with E-state index in [2.05, 4.69) is 10.2 Å². The molecule has 1 amide bonds. The van der Waals surface area contributed by atoms with Crippen molar-refractivity contribution < 1.29 is 14.1 Å². The van der Waals surface area contributed by atoms with Gasteiger partial charge in [0.25, 0.3) is 5.69 Å². The number of non-ortho nitro benzene ring substituents is 1. The Morgan fingerprint density at radius 2 is 1.93 bits per heavy atom. The Balaban J connectivity index is 1.57. The molecule has 1 saturated heterocycles. The molecule has 28 heavy (non-hydrogen) atoms. The molecule has 0 radical (unpaired) electrons. The Kier molecular flexibility index (Phi) is 4.56. The predicted octanol–water partition coefficient (Wildman–Crippen LogP) is 2.74. The molecule has 1 aliphatic rings. The van der Waals surface area contributed by atoms with Gasteiger partial charge in [-0.3, -0.25) is 19.5 Å². The van der Waals surface area contributed by atoms with Crippen molar-refractivity contribution in [2.45, 2.75) is 19.4 Å². The highest BCUT2D eigenvalue weighted by molar-refractivity contribution is 5.95. The smallest absolute Gasteiger partial charge is 0.407 e. The molecule has 2 heterocycles. The van der Waals surface area contributed by atoms with Gasteiger partial charge in [0.1, 0.15) is 6.54 Å². The Morgan fingerprint density at radius 1 is 1.18 bits per heavy atom. The summed E-state index contributed by atoms with van der Waals surface area (Å²) in [5.41, 5.74) is 1.86. The molecule has 3 aromatic rings. The monoisotopic (exact) mass is 382 g/mol. The van der Waals surface area contributed by atoms with E-state index in [1.54, 1.807) is 0 Å². The van der Waals surface area contributed by atoms with Crippen LogP contribution in [0.4, 0.5) is 17.1 Å². The van der Waals surface area contributed by atoms with E-state index in [1.165, 1.54) is 18.2 Å². The molecule has 0 atom stereocenters. The maximum Gasteiger partial charge on any atom is 0.420 e. The number of anilines is 2. The lowest BCUT2D eigenvalue weighted by Crippen LogP contribution is -2.26. The van der Waals surface area contributed by atoms with E-state index in [0.717, 1.165) is 36.2 Å². The molecule has 0 spiro atoms. The number of oxazole rings is 1. The number of carbonyl (C=O) groups excluding carboxylic acids is 1. The zero-order valence-corrected chi connectivity index (χ0v) is 15.0. The van der Waals surface area contributed by atoms with E-state index >= 15 is 0 Å². The summed E-state index contributed by atoms with van der Waals surface area (Å²) in [6.45, 7) is 1.63. The van der Waals surface area contributed by atoms with Gasteiger partial charge in [-0.05, 0) is 31.0 Å². The normalized spacial score (nSPS) is 13.8. The summed E-state index contributed by atoms with van der Waals surface area (Å²) in [6.07, 6.45) is 2.23. The number of fused-ring (bicyclic) bond motifs is 1. The third-order valence-corrected chi connectivity index (χ3v) is 4.79. The number of para-hydroxylation sites is 2. The second-order valence-corrected chi connectivity index (χ2v) is 6.62. The lowest BCUT2D eigenvalue weighted by molar-refractivity contribution is -0.384. The molecule has 1 aliphatic heterocycles. The van der Waals surface area contributed by atoms with E-state index in [-0.39, 0.29) is 23.7 Å². The maximum atomic E-state index is 12.6. The van der Waals surface area contributed by atoms with Crippen molar-refractivity contribution >= 4 is 34.1 Å². The van der Waals surface area contributed by atoms with Gasteiger partial charge in [0.2, 0.25) is 5.91 Å². The van der Waals surface area contributed by atoms with Crippen LogP contribution in [0, 0.1) is 10.1 Å². The summed E-state index contributed by atoms with van der Waals surface area (Å²) in [4.78, 5) is 37.2. The minimum Gasteiger partial charge on any atom is -0.407 e. The quantitative estimate of drug-likeness (QED) is 0.537. The van der Waals surface area contributed by atoms with Gasteiger partial charge < -0.3 is 14.6 Å². The van der Waals surface area contributed by atoms with E-state index in [4.69, 9.17) is 4.42 Å². The summed E-state index contributed by atoms with van der Waals surface area (Å²) >= 11 is 0. The Labute approximate surface area is 159 Å². The van der Waals surface area contributed by atoms with Crippen LogP contribution < -0.4 is 16.0 Å². The Bertz CT molecular complexity index is 1110. The fraction of sp³-hybridized carbons (Fsp3) is 0.263. The highest BCUT2D eigenvalue weighted by Crippen LogP contribution is 2.28. The molecule has 9 nitrogen and oxygen atoms in total. The number of rotatable bonds is 5. The maximum absolute atomic E-state index is 12.6. The molecular weight excluding hydrogens is 364 g/mol. The van der Waals surface area contributed by atoms with E-state index in [9.17, 15) is 19.7 Å². The summed E-state index contributed by atoms with van der Waals surface area (Å²) in [5, 5.41) is 13.7. The molecule has 4 rings (SSSR count). The summed E-state index contributed by atoms with van der Waals surface area (Å²) in [7, 11) is 0. The van der Waals surface area contributed by atoms with Crippen molar-refractivity contribution in [3.63, 3.8) is 0 Å². The van der Waals surface area contributed by atoms with Crippen LogP contribution in [0.25, 0.3) is 11.1 Å². The fourth-order valence-electron chi connectivity index (χ4n) is 3.46. The lowest BCUT2D eigenvalue weighted by atomic mass is 10.2. The van der Waals surface area contributed by atoms with Crippen molar-refractivity contribution in [2.75, 3.05) is 23.3 Å². The number of benzene rings is 2. The van der Waals surface area contributed by atoms with Crippen LogP contribution >= 0.6 is 0 Å². The van der Waals surface area contributed by atoms with Crippen molar-refractivity contribution in [3.05, 3.63) is 63.1 Å². The van der Waals surface area contributed by atoms with Crippen molar-refractivity contribution in [1.29, 1.82) is 0 Å². The molecule has 2 aromatic carbocycles. The van der Waals surface area contributed by atoms with Gasteiger partial charge in [0.05, 0.1) is 27.9 Å². The van der Waals surface area contributed by atoms with Crippen molar-refractivity contribution in [1.82, 2.24) is 4.57 Å². The first kappa shape index (κ1) is 17.8. The number of nitro benzene ring substituents is 1. The third kappa shape index (κ3) is 3.34. The second-order valence-electron chi connectivity index (χ2n) is 6.62. The molecule has 9 heteroatoms. The molecule has 0 saturated carbocycles. The number of nitrogens with one attached hydrogen (secondary N) is 1. The van der Waals surface area contributed by atoms with E-state index < -0.39 is 10.7 Å². The molecule has 1 N–H and O–H groups in total. The molecule has 1 fully saturated rings. The number of nitrogens with zero attached hydrogens (tertiary/aromatic N) is 3. The van der Waals surface area contributed by atoms with Crippen LogP contribution in [-0.4, -0.2) is 28.5 Å². The summed E-state index contributed by atoms with van der Waals surface area (Å²) in [5.74, 6) is -1.12. The molecule has 1 aromatic heterocycles. The van der Waals surface area contributed by atoms with Gasteiger partial charge in [-0.2, -0.15) is 0 Å². The minimum atomic E-state index is -0.738. The predicted molar refractivity (Wildman–Crippen MR) is 104 cm³/mol. The SMILES string of the molecule is O=C(Cn1c(=O)oc2cc([N+](=O)[O-])ccc21)Nc1ccccc1N1CCCC1. The molecule has 144 valence electrons. The highest BCUT2D eigenvalue weighted by Gasteiger charge is 2.19. The zero-order valence-electron chi connectivity index (χ0n) is 15.0. The van der Waals surface area contributed by atoms with Crippen molar-refractivity contribution in [2.24, 2.45) is 0 Å². The molecule has 0 bridgehead atoms. The Morgan fingerprint density at radius 3 is 2.68 bits per heavy atom. The van der Waals surface area contributed by atoms with Crippen molar-refractivity contribution in [3.8, 4) is 0 Å². The fourth-order valence-corrected chi connectivity index (χ4v) is 3.46. The van der Waals surface area contributed by atoms with Crippen LogP contribution in [0.2, 0.25) is 0 Å². The van der Waals surface area contributed by atoms with Gasteiger partial charge in [-0.1, -0.05) is 12.1 Å². The molecule has 0 unspecified atom stereocenters. The van der Waals surface area contributed by atoms with Crippen LogP contribution in [0.15, 0.2) is 51.7 Å². The largest absolute Gasteiger partial charge is 0.420 e.